The summed E-state index contributed by atoms with van der Waals surface area (Å²) in [6, 6.07) is 30.8. The van der Waals surface area contributed by atoms with Crippen LogP contribution in [0.3, 0.4) is 0 Å². The Balaban J connectivity index is 1.66. The smallest absolute Gasteiger partial charge is 0.201 e. The second kappa shape index (κ2) is 7.06. The third-order valence-corrected chi connectivity index (χ3v) is 6.51. The molecule has 2 heteroatoms. The number of rotatable bonds is 2. The lowest BCUT2D eigenvalue weighted by atomic mass is 9.95. The number of aryl methyl sites for hydroxylation is 3. The first-order valence-electron chi connectivity index (χ1n) is 11.1. The summed E-state index contributed by atoms with van der Waals surface area (Å²) in [4.78, 5) is 0. The Morgan fingerprint density at radius 2 is 1.34 bits per heavy atom. The molecule has 0 saturated heterocycles. The Labute approximate surface area is 188 Å². The number of nitrogens with zero attached hydrogens (tertiary/aromatic N) is 2. The fourth-order valence-electron chi connectivity index (χ4n) is 5.26. The molecule has 0 saturated carbocycles. The van der Waals surface area contributed by atoms with E-state index >= 15 is 0 Å². The molecular formula is C30H25N2+. The molecule has 0 spiro atoms. The molecule has 32 heavy (non-hydrogen) atoms. The molecule has 0 fully saturated rings. The van der Waals surface area contributed by atoms with Gasteiger partial charge in [0, 0.05) is 5.56 Å². The standard InChI is InChI=1S/C30H25N2/c1-20-15-21(2)30(22(3)16-20)31-18-24-10-8-14-29(32(24)19-31)28-17-23-9-4-5-11-25(23)26-12-6-7-13-27(26)28/h4-19H,1-3H3/q+1. The van der Waals surface area contributed by atoms with Crippen LogP contribution in [0.25, 0.3) is 44.0 Å². The molecule has 2 heterocycles. The van der Waals surface area contributed by atoms with Crippen molar-refractivity contribution >= 4 is 27.1 Å². The number of hydrogen-bond donors (Lipinski definition) is 0. The van der Waals surface area contributed by atoms with Gasteiger partial charge in [0.2, 0.25) is 0 Å². The van der Waals surface area contributed by atoms with Crippen LogP contribution in [-0.4, -0.2) is 4.40 Å². The summed E-state index contributed by atoms with van der Waals surface area (Å²) >= 11 is 0. The fourth-order valence-corrected chi connectivity index (χ4v) is 5.26. The maximum Gasteiger partial charge on any atom is 0.254 e. The topological polar surface area (TPSA) is 8.29 Å². The Morgan fingerprint density at radius 1 is 0.656 bits per heavy atom. The number of aromatic nitrogens is 2. The predicted octanol–water partition coefficient (Wildman–Crippen LogP) is 7.11. The molecule has 6 rings (SSSR count). The van der Waals surface area contributed by atoms with Crippen molar-refractivity contribution in [2.45, 2.75) is 20.8 Å². The van der Waals surface area contributed by atoms with Gasteiger partial charge in [-0.15, -0.1) is 0 Å². The molecule has 0 bridgehead atoms. The van der Waals surface area contributed by atoms with Gasteiger partial charge >= 0.3 is 0 Å². The Bertz CT molecular complexity index is 1630. The fraction of sp³-hybridized carbons (Fsp3) is 0.100. The highest BCUT2D eigenvalue weighted by Gasteiger charge is 2.19. The zero-order valence-electron chi connectivity index (χ0n) is 18.6. The predicted molar refractivity (Wildman–Crippen MR) is 134 cm³/mol. The van der Waals surface area contributed by atoms with E-state index in [-0.39, 0.29) is 0 Å². The molecule has 0 aliphatic heterocycles. The van der Waals surface area contributed by atoms with E-state index in [1.807, 2.05) is 0 Å². The van der Waals surface area contributed by atoms with Gasteiger partial charge in [-0.25, -0.2) is 4.57 Å². The lowest BCUT2D eigenvalue weighted by Gasteiger charge is -2.10. The van der Waals surface area contributed by atoms with Gasteiger partial charge < -0.3 is 0 Å². The van der Waals surface area contributed by atoms with Crippen LogP contribution in [0.5, 0.6) is 0 Å². The highest BCUT2D eigenvalue weighted by Crippen LogP contribution is 2.35. The lowest BCUT2D eigenvalue weighted by Crippen LogP contribution is -2.29. The molecule has 0 amide bonds. The highest BCUT2D eigenvalue weighted by atomic mass is 15.1. The normalized spacial score (nSPS) is 11.6. The minimum absolute atomic E-state index is 1.18. The Morgan fingerprint density at radius 3 is 2.12 bits per heavy atom. The van der Waals surface area contributed by atoms with E-state index in [1.165, 1.54) is 60.7 Å². The van der Waals surface area contributed by atoms with Crippen molar-refractivity contribution in [2.75, 3.05) is 0 Å². The molecule has 0 atom stereocenters. The van der Waals surface area contributed by atoms with E-state index in [9.17, 15) is 0 Å². The number of hydrogen-bond acceptors (Lipinski definition) is 0. The van der Waals surface area contributed by atoms with Crippen LogP contribution in [0, 0.1) is 20.8 Å². The second-order valence-corrected chi connectivity index (χ2v) is 8.80. The van der Waals surface area contributed by atoms with Crippen LogP contribution in [0.4, 0.5) is 0 Å². The van der Waals surface area contributed by atoms with E-state index in [0.29, 0.717) is 0 Å². The molecule has 0 radical (unpaired) electrons. The molecule has 2 nitrogen and oxygen atoms in total. The van der Waals surface area contributed by atoms with Crippen LogP contribution in [0.2, 0.25) is 0 Å². The van der Waals surface area contributed by atoms with Crippen molar-refractivity contribution in [2.24, 2.45) is 0 Å². The Kier molecular flexibility index (Phi) is 4.16. The monoisotopic (exact) mass is 413 g/mol. The summed E-state index contributed by atoms with van der Waals surface area (Å²) < 4.78 is 4.58. The zero-order chi connectivity index (χ0) is 21.8. The van der Waals surface area contributed by atoms with E-state index < -0.39 is 0 Å². The first kappa shape index (κ1) is 18.8. The van der Waals surface area contributed by atoms with Crippen LogP contribution in [-0.2, 0) is 0 Å². The largest absolute Gasteiger partial charge is 0.254 e. The van der Waals surface area contributed by atoms with Gasteiger partial charge in [0.25, 0.3) is 6.33 Å². The summed E-state index contributed by atoms with van der Waals surface area (Å²) in [6.45, 7) is 6.55. The van der Waals surface area contributed by atoms with Crippen molar-refractivity contribution < 1.29 is 4.57 Å². The van der Waals surface area contributed by atoms with Crippen molar-refractivity contribution in [3.05, 3.63) is 114 Å². The van der Waals surface area contributed by atoms with Gasteiger partial charge in [-0.05, 0) is 71.6 Å². The van der Waals surface area contributed by atoms with Crippen molar-refractivity contribution in [1.29, 1.82) is 0 Å². The van der Waals surface area contributed by atoms with Crippen molar-refractivity contribution in [3.8, 4) is 16.9 Å². The van der Waals surface area contributed by atoms with Crippen LogP contribution < -0.4 is 4.57 Å². The van der Waals surface area contributed by atoms with Gasteiger partial charge in [-0.1, -0.05) is 72.3 Å². The molecule has 6 aromatic rings. The molecule has 154 valence electrons. The van der Waals surface area contributed by atoms with Crippen LogP contribution in [0.1, 0.15) is 16.7 Å². The van der Waals surface area contributed by atoms with E-state index in [1.54, 1.807) is 0 Å². The van der Waals surface area contributed by atoms with Gasteiger partial charge in [0.1, 0.15) is 17.6 Å². The number of imidazole rings is 1. The average molecular weight is 414 g/mol. The number of benzene rings is 4. The average Bonchev–Trinajstić information content (AvgIpc) is 3.21. The highest BCUT2D eigenvalue weighted by molar-refractivity contribution is 6.13. The quantitative estimate of drug-likeness (QED) is 0.211. The van der Waals surface area contributed by atoms with Crippen molar-refractivity contribution in [1.82, 2.24) is 4.40 Å². The van der Waals surface area contributed by atoms with Crippen LogP contribution in [0.15, 0.2) is 97.5 Å². The molecule has 4 aromatic carbocycles. The van der Waals surface area contributed by atoms with E-state index in [0.717, 1.165) is 0 Å². The molecule has 0 unspecified atom stereocenters. The summed E-state index contributed by atoms with van der Waals surface area (Å²) in [5.74, 6) is 0. The molecule has 0 aliphatic rings. The minimum Gasteiger partial charge on any atom is -0.201 e. The van der Waals surface area contributed by atoms with E-state index in [4.69, 9.17) is 0 Å². The number of pyridine rings is 1. The Hall–Kier alpha value is -3.91. The third kappa shape index (κ3) is 2.84. The third-order valence-electron chi connectivity index (χ3n) is 6.51. The molecular weight excluding hydrogens is 388 g/mol. The zero-order valence-corrected chi connectivity index (χ0v) is 18.6. The first-order valence-corrected chi connectivity index (χ1v) is 11.1. The minimum atomic E-state index is 1.18. The second-order valence-electron chi connectivity index (χ2n) is 8.80. The molecule has 0 aliphatic carbocycles. The molecule has 2 aromatic heterocycles. The van der Waals surface area contributed by atoms with Gasteiger partial charge in [-0.3, -0.25) is 0 Å². The maximum absolute atomic E-state index is 2.33. The SMILES string of the molecule is Cc1cc(C)c(-[n+]2cc3cccc(-c4cc5ccccc5c5ccccc45)n3c2)c(C)c1. The summed E-state index contributed by atoms with van der Waals surface area (Å²) in [5, 5.41) is 5.14. The maximum atomic E-state index is 2.33. The van der Waals surface area contributed by atoms with Gasteiger partial charge in [-0.2, -0.15) is 4.40 Å². The van der Waals surface area contributed by atoms with Crippen molar-refractivity contribution in [3.63, 3.8) is 0 Å². The molecule has 0 N–H and O–H groups in total. The lowest BCUT2D eigenvalue weighted by molar-refractivity contribution is -0.594. The van der Waals surface area contributed by atoms with E-state index in [2.05, 4.69) is 127 Å². The first-order chi connectivity index (χ1) is 15.6. The number of fused-ring (bicyclic) bond motifs is 4. The summed E-state index contributed by atoms with van der Waals surface area (Å²) in [7, 11) is 0. The van der Waals surface area contributed by atoms with Crippen LogP contribution >= 0.6 is 0 Å². The van der Waals surface area contributed by atoms with Gasteiger partial charge in [0.15, 0.2) is 5.52 Å². The summed E-state index contributed by atoms with van der Waals surface area (Å²) in [6.07, 6.45) is 4.46. The summed E-state index contributed by atoms with van der Waals surface area (Å²) in [5.41, 5.74) is 8.78. The van der Waals surface area contributed by atoms with Gasteiger partial charge in [0.05, 0.1) is 0 Å².